The number of nitrogens with zero attached hydrogens (tertiary/aromatic N) is 1. The maximum Gasteiger partial charge on any atom is 0.307 e. The van der Waals surface area contributed by atoms with Gasteiger partial charge in [-0.15, -0.1) is 0 Å². The number of carbonyl (C=O) groups is 1. The van der Waals surface area contributed by atoms with Crippen molar-refractivity contribution in [2.24, 2.45) is 0 Å². The van der Waals surface area contributed by atoms with Crippen molar-refractivity contribution in [2.45, 2.75) is 6.42 Å². The Morgan fingerprint density at radius 3 is 2.84 bits per heavy atom. The normalized spacial score (nSPS) is 10.7. The molecular formula is C15H12N2O2. The van der Waals surface area contributed by atoms with Crippen LogP contribution in [0.5, 0.6) is 0 Å². The van der Waals surface area contributed by atoms with Gasteiger partial charge in [0.15, 0.2) is 0 Å². The van der Waals surface area contributed by atoms with Crippen LogP contribution in [-0.2, 0) is 11.2 Å². The van der Waals surface area contributed by atoms with Gasteiger partial charge in [0.25, 0.3) is 0 Å². The number of H-pyrrole nitrogens is 1. The molecular weight excluding hydrogens is 240 g/mol. The Bertz CT molecular complexity index is 746. The molecule has 0 unspecified atom stereocenters. The molecule has 0 bridgehead atoms. The Labute approximate surface area is 109 Å². The largest absolute Gasteiger partial charge is 0.481 e. The SMILES string of the molecule is O=C(O)Cc1cccc(-c2ccc3[nH]ncc3c2)c1. The van der Waals surface area contributed by atoms with Gasteiger partial charge in [0.1, 0.15) is 0 Å². The summed E-state index contributed by atoms with van der Waals surface area (Å²) in [6, 6.07) is 13.6. The van der Waals surface area contributed by atoms with E-state index in [4.69, 9.17) is 5.11 Å². The van der Waals surface area contributed by atoms with Gasteiger partial charge in [-0.1, -0.05) is 30.3 Å². The Morgan fingerprint density at radius 1 is 1.16 bits per heavy atom. The predicted octanol–water partition coefficient (Wildman–Crippen LogP) is 2.86. The minimum atomic E-state index is -0.817. The Morgan fingerprint density at radius 2 is 2.00 bits per heavy atom. The van der Waals surface area contributed by atoms with E-state index < -0.39 is 5.97 Å². The molecule has 2 N–H and O–H groups in total. The molecule has 0 amide bonds. The van der Waals surface area contributed by atoms with E-state index >= 15 is 0 Å². The lowest BCUT2D eigenvalue weighted by atomic mass is 10.0. The van der Waals surface area contributed by atoms with E-state index in [1.165, 1.54) is 0 Å². The first kappa shape index (κ1) is 11.5. The lowest BCUT2D eigenvalue weighted by molar-refractivity contribution is -0.136. The average molecular weight is 252 g/mol. The summed E-state index contributed by atoms with van der Waals surface area (Å²) in [5, 5.41) is 16.8. The van der Waals surface area contributed by atoms with Gasteiger partial charge in [0.05, 0.1) is 18.1 Å². The van der Waals surface area contributed by atoms with Gasteiger partial charge in [0, 0.05) is 5.39 Å². The zero-order valence-corrected chi connectivity index (χ0v) is 10.1. The molecule has 3 aromatic rings. The highest BCUT2D eigenvalue weighted by atomic mass is 16.4. The minimum absolute atomic E-state index is 0.0434. The van der Waals surface area contributed by atoms with E-state index in [1.807, 2.05) is 42.5 Å². The third kappa shape index (κ3) is 2.33. The maximum atomic E-state index is 10.7. The summed E-state index contributed by atoms with van der Waals surface area (Å²) in [7, 11) is 0. The fraction of sp³-hybridized carbons (Fsp3) is 0.0667. The van der Waals surface area contributed by atoms with Crippen molar-refractivity contribution in [3.05, 3.63) is 54.2 Å². The first-order chi connectivity index (χ1) is 9.22. The Hall–Kier alpha value is -2.62. The monoisotopic (exact) mass is 252 g/mol. The molecule has 3 rings (SSSR count). The van der Waals surface area contributed by atoms with Crippen molar-refractivity contribution in [1.29, 1.82) is 0 Å². The second-order valence-electron chi connectivity index (χ2n) is 4.44. The van der Waals surface area contributed by atoms with E-state index in [0.29, 0.717) is 0 Å². The summed E-state index contributed by atoms with van der Waals surface area (Å²) in [6.45, 7) is 0. The molecule has 1 aromatic heterocycles. The molecule has 0 saturated heterocycles. The first-order valence-corrected chi connectivity index (χ1v) is 5.96. The molecule has 0 fully saturated rings. The lowest BCUT2D eigenvalue weighted by Gasteiger charge is -2.04. The van der Waals surface area contributed by atoms with Gasteiger partial charge >= 0.3 is 5.97 Å². The van der Waals surface area contributed by atoms with Crippen LogP contribution in [-0.4, -0.2) is 21.3 Å². The highest BCUT2D eigenvalue weighted by molar-refractivity contribution is 5.84. The van der Waals surface area contributed by atoms with Gasteiger partial charge in [-0.25, -0.2) is 0 Å². The molecule has 4 heteroatoms. The molecule has 1 heterocycles. The van der Waals surface area contributed by atoms with E-state index in [0.717, 1.165) is 27.6 Å². The molecule has 0 saturated carbocycles. The van der Waals surface area contributed by atoms with Gasteiger partial charge in [0.2, 0.25) is 0 Å². The number of fused-ring (bicyclic) bond motifs is 1. The second kappa shape index (κ2) is 4.57. The average Bonchev–Trinajstić information content (AvgIpc) is 2.85. The molecule has 19 heavy (non-hydrogen) atoms. The number of rotatable bonds is 3. The standard InChI is InChI=1S/C15H12N2O2/c18-15(19)7-10-2-1-3-11(6-10)12-4-5-14-13(8-12)9-16-17-14/h1-6,8-9H,7H2,(H,16,17)(H,18,19). The summed E-state index contributed by atoms with van der Waals surface area (Å²) in [5.74, 6) is -0.817. The van der Waals surface area contributed by atoms with Crippen LogP contribution >= 0.6 is 0 Å². The summed E-state index contributed by atoms with van der Waals surface area (Å²) in [4.78, 5) is 10.7. The Kier molecular flexibility index (Phi) is 2.76. The molecule has 0 radical (unpaired) electrons. The van der Waals surface area contributed by atoms with Crippen LogP contribution in [0.15, 0.2) is 48.7 Å². The van der Waals surface area contributed by atoms with Crippen molar-refractivity contribution in [3.8, 4) is 11.1 Å². The molecule has 94 valence electrons. The topological polar surface area (TPSA) is 66.0 Å². The van der Waals surface area contributed by atoms with Gasteiger partial charge in [-0.3, -0.25) is 9.89 Å². The van der Waals surface area contributed by atoms with Crippen LogP contribution < -0.4 is 0 Å². The fourth-order valence-corrected chi connectivity index (χ4v) is 2.16. The van der Waals surface area contributed by atoms with E-state index in [2.05, 4.69) is 10.2 Å². The molecule has 0 aliphatic heterocycles. The highest BCUT2D eigenvalue weighted by Crippen LogP contribution is 2.24. The summed E-state index contributed by atoms with van der Waals surface area (Å²) >= 11 is 0. The summed E-state index contributed by atoms with van der Waals surface area (Å²) < 4.78 is 0. The molecule has 0 atom stereocenters. The molecule has 0 spiro atoms. The molecule has 4 nitrogen and oxygen atoms in total. The van der Waals surface area contributed by atoms with Crippen molar-refractivity contribution in [1.82, 2.24) is 10.2 Å². The number of aliphatic carboxylic acids is 1. The van der Waals surface area contributed by atoms with E-state index in [1.54, 1.807) is 6.20 Å². The quantitative estimate of drug-likeness (QED) is 0.753. The number of hydrogen-bond acceptors (Lipinski definition) is 2. The lowest BCUT2D eigenvalue weighted by Crippen LogP contribution is -1.99. The van der Waals surface area contributed by atoms with Crippen LogP contribution in [0.2, 0.25) is 0 Å². The second-order valence-corrected chi connectivity index (χ2v) is 4.44. The Balaban J connectivity index is 2.02. The van der Waals surface area contributed by atoms with Crippen LogP contribution in [0.3, 0.4) is 0 Å². The molecule has 2 aromatic carbocycles. The van der Waals surface area contributed by atoms with Crippen LogP contribution in [0.1, 0.15) is 5.56 Å². The van der Waals surface area contributed by atoms with Crippen molar-refractivity contribution < 1.29 is 9.90 Å². The van der Waals surface area contributed by atoms with Crippen LogP contribution in [0.25, 0.3) is 22.0 Å². The zero-order valence-electron chi connectivity index (χ0n) is 10.1. The number of aromatic amines is 1. The molecule has 0 aliphatic rings. The van der Waals surface area contributed by atoms with Crippen molar-refractivity contribution in [3.63, 3.8) is 0 Å². The number of benzene rings is 2. The minimum Gasteiger partial charge on any atom is -0.481 e. The third-order valence-corrected chi connectivity index (χ3v) is 3.06. The summed E-state index contributed by atoms with van der Waals surface area (Å²) in [6.07, 6.45) is 1.82. The zero-order chi connectivity index (χ0) is 13.2. The number of nitrogens with one attached hydrogen (secondary N) is 1. The van der Waals surface area contributed by atoms with Crippen molar-refractivity contribution >= 4 is 16.9 Å². The smallest absolute Gasteiger partial charge is 0.307 e. The molecule has 0 aliphatic carbocycles. The number of hydrogen-bond donors (Lipinski definition) is 2. The van der Waals surface area contributed by atoms with Crippen molar-refractivity contribution in [2.75, 3.05) is 0 Å². The maximum absolute atomic E-state index is 10.7. The van der Waals surface area contributed by atoms with E-state index in [-0.39, 0.29) is 6.42 Å². The van der Waals surface area contributed by atoms with Gasteiger partial charge < -0.3 is 5.11 Å². The predicted molar refractivity (Wildman–Crippen MR) is 72.9 cm³/mol. The van der Waals surface area contributed by atoms with Gasteiger partial charge in [-0.2, -0.15) is 5.10 Å². The fourth-order valence-electron chi connectivity index (χ4n) is 2.16. The highest BCUT2D eigenvalue weighted by Gasteiger charge is 2.04. The van der Waals surface area contributed by atoms with E-state index in [9.17, 15) is 4.79 Å². The number of aromatic nitrogens is 2. The number of carboxylic acids is 1. The number of carboxylic acid groups (broad SMARTS) is 1. The van der Waals surface area contributed by atoms with Crippen LogP contribution in [0.4, 0.5) is 0 Å². The third-order valence-electron chi connectivity index (χ3n) is 3.06. The van der Waals surface area contributed by atoms with Crippen LogP contribution in [0, 0.1) is 0 Å². The summed E-state index contributed by atoms with van der Waals surface area (Å²) in [5.41, 5.74) is 3.87. The first-order valence-electron chi connectivity index (χ1n) is 5.96. The van der Waals surface area contributed by atoms with Gasteiger partial charge in [-0.05, 0) is 28.8 Å².